The fourth-order valence-corrected chi connectivity index (χ4v) is 6.72. The number of carbonyl (C=O) groups excluding carboxylic acids is 3. The summed E-state index contributed by atoms with van der Waals surface area (Å²) in [6.07, 6.45) is 79.9. The maximum Gasteiger partial charge on any atom is 0.306 e. The smallest absolute Gasteiger partial charge is 0.306 e. The van der Waals surface area contributed by atoms with Gasteiger partial charge in [-0.25, -0.2) is 0 Å². The van der Waals surface area contributed by atoms with Crippen LogP contribution >= 0.6 is 0 Å². The molecule has 0 aliphatic carbocycles. The molecule has 0 unspecified atom stereocenters. The SMILES string of the molecule is CC/C=C\C/C=C\C/C=C\C/C=C\C/C=C\C/C=C\CCC(=O)OC[C@H](COC(=O)CCCCCCC/C=C\C/C=C\CCCCC)OC(=O)CCC/C=C\C/C=C\C/C=C\C/C=C\CCCCC. The van der Waals surface area contributed by atoms with Crippen molar-refractivity contribution in [2.75, 3.05) is 13.2 Å². The number of rotatable bonds is 47. The first-order valence-corrected chi connectivity index (χ1v) is 27.3. The van der Waals surface area contributed by atoms with E-state index in [2.05, 4.69) is 154 Å². The third-order valence-corrected chi connectivity index (χ3v) is 10.8. The van der Waals surface area contributed by atoms with Crippen LogP contribution in [0.1, 0.15) is 213 Å². The monoisotopic (exact) mass is 951 g/mol. The Hall–Kier alpha value is -4.71. The molecule has 386 valence electrons. The van der Waals surface area contributed by atoms with Crippen LogP contribution in [-0.4, -0.2) is 37.2 Å². The van der Waals surface area contributed by atoms with Gasteiger partial charge < -0.3 is 14.2 Å². The van der Waals surface area contributed by atoms with Crippen molar-refractivity contribution in [2.45, 2.75) is 219 Å². The van der Waals surface area contributed by atoms with E-state index in [1.165, 1.54) is 51.4 Å². The van der Waals surface area contributed by atoms with E-state index < -0.39 is 12.1 Å². The number of carbonyl (C=O) groups is 3. The molecule has 0 saturated carbocycles. The largest absolute Gasteiger partial charge is 0.462 e. The van der Waals surface area contributed by atoms with Crippen molar-refractivity contribution in [1.82, 2.24) is 0 Å². The average Bonchev–Trinajstić information content (AvgIpc) is 3.35. The summed E-state index contributed by atoms with van der Waals surface area (Å²) in [6, 6.07) is 0. The molecule has 0 bridgehead atoms. The highest BCUT2D eigenvalue weighted by atomic mass is 16.6. The second kappa shape index (κ2) is 55.9. The molecule has 69 heavy (non-hydrogen) atoms. The normalized spacial score (nSPS) is 13.3. The zero-order chi connectivity index (χ0) is 50.0. The number of hydrogen-bond donors (Lipinski definition) is 0. The summed E-state index contributed by atoms with van der Waals surface area (Å²) in [5, 5.41) is 0. The fourth-order valence-electron chi connectivity index (χ4n) is 6.72. The van der Waals surface area contributed by atoms with Crippen LogP contribution in [0, 0.1) is 0 Å². The first-order chi connectivity index (χ1) is 34.0. The minimum Gasteiger partial charge on any atom is -0.462 e. The van der Waals surface area contributed by atoms with Crippen LogP contribution in [0.3, 0.4) is 0 Å². The van der Waals surface area contributed by atoms with Crippen molar-refractivity contribution >= 4 is 17.9 Å². The summed E-state index contributed by atoms with van der Waals surface area (Å²) < 4.78 is 16.7. The van der Waals surface area contributed by atoms with Gasteiger partial charge in [-0.15, -0.1) is 0 Å². The molecule has 0 fully saturated rings. The van der Waals surface area contributed by atoms with Crippen LogP contribution in [0.15, 0.2) is 146 Å². The van der Waals surface area contributed by atoms with E-state index in [9.17, 15) is 14.4 Å². The van der Waals surface area contributed by atoms with Crippen molar-refractivity contribution in [3.8, 4) is 0 Å². The topological polar surface area (TPSA) is 78.9 Å². The van der Waals surface area contributed by atoms with E-state index in [4.69, 9.17) is 14.2 Å². The van der Waals surface area contributed by atoms with Gasteiger partial charge in [0.05, 0.1) is 0 Å². The van der Waals surface area contributed by atoms with Crippen molar-refractivity contribution in [3.05, 3.63) is 146 Å². The summed E-state index contributed by atoms with van der Waals surface area (Å²) >= 11 is 0. The van der Waals surface area contributed by atoms with Gasteiger partial charge in [0.15, 0.2) is 6.10 Å². The van der Waals surface area contributed by atoms with Crippen molar-refractivity contribution in [1.29, 1.82) is 0 Å². The molecule has 0 heterocycles. The number of ether oxygens (including phenoxy) is 3. The van der Waals surface area contributed by atoms with Crippen LogP contribution in [0.4, 0.5) is 0 Å². The third-order valence-electron chi connectivity index (χ3n) is 10.8. The molecule has 0 rings (SSSR count). The van der Waals surface area contributed by atoms with Crippen molar-refractivity contribution in [3.63, 3.8) is 0 Å². The van der Waals surface area contributed by atoms with Gasteiger partial charge >= 0.3 is 17.9 Å². The van der Waals surface area contributed by atoms with Gasteiger partial charge in [-0.3, -0.25) is 14.4 Å². The van der Waals surface area contributed by atoms with Crippen LogP contribution in [0.5, 0.6) is 0 Å². The third kappa shape index (κ3) is 54.1. The number of esters is 3. The molecule has 0 aromatic carbocycles. The van der Waals surface area contributed by atoms with E-state index in [0.29, 0.717) is 19.3 Å². The van der Waals surface area contributed by atoms with Crippen LogP contribution < -0.4 is 0 Å². The van der Waals surface area contributed by atoms with Crippen molar-refractivity contribution < 1.29 is 28.6 Å². The predicted octanol–water partition coefficient (Wildman–Crippen LogP) is 18.4. The summed E-state index contributed by atoms with van der Waals surface area (Å²) in [7, 11) is 0. The van der Waals surface area contributed by atoms with Gasteiger partial charge in [-0.2, -0.15) is 0 Å². The Labute approximate surface area is 423 Å². The minimum absolute atomic E-state index is 0.136. The molecule has 6 heteroatoms. The van der Waals surface area contributed by atoms with Gasteiger partial charge in [0.25, 0.3) is 0 Å². The van der Waals surface area contributed by atoms with Gasteiger partial charge in [0, 0.05) is 19.3 Å². The van der Waals surface area contributed by atoms with Gasteiger partial charge in [0.2, 0.25) is 0 Å². The summed E-state index contributed by atoms with van der Waals surface area (Å²) in [6.45, 7) is 6.33. The number of unbranched alkanes of at least 4 members (excludes halogenated alkanes) is 12. The Morgan fingerprint density at radius 1 is 0.304 bits per heavy atom. The van der Waals surface area contributed by atoms with E-state index in [0.717, 1.165) is 109 Å². The molecular formula is C63H98O6. The van der Waals surface area contributed by atoms with E-state index in [1.807, 2.05) is 12.2 Å². The lowest BCUT2D eigenvalue weighted by Crippen LogP contribution is -2.30. The molecule has 0 radical (unpaired) electrons. The van der Waals surface area contributed by atoms with E-state index >= 15 is 0 Å². The molecule has 0 aromatic heterocycles. The Bertz CT molecular complexity index is 1560. The minimum atomic E-state index is -0.850. The summed E-state index contributed by atoms with van der Waals surface area (Å²) in [5.74, 6) is -1.10. The number of hydrogen-bond acceptors (Lipinski definition) is 6. The fraction of sp³-hybridized carbons (Fsp3) is 0.571. The molecule has 1 atom stereocenters. The lowest BCUT2D eigenvalue weighted by Gasteiger charge is -2.18. The van der Waals surface area contributed by atoms with Gasteiger partial charge in [0.1, 0.15) is 13.2 Å². The Balaban J connectivity index is 4.64. The average molecular weight is 951 g/mol. The Morgan fingerprint density at radius 2 is 0.609 bits per heavy atom. The molecule has 0 aliphatic heterocycles. The Kier molecular flexibility index (Phi) is 52.1. The molecular weight excluding hydrogens is 853 g/mol. The maximum absolute atomic E-state index is 12.8. The summed E-state index contributed by atoms with van der Waals surface area (Å²) in [4.78, 5) is 38.0. The molecule has 0 aromatic rings. The highest BCUT2D eigenvalue weighted by Gasteiger charge is 2.19. The molecule has 0 saturated heterocycles. The zero-order valence-corrected chi connectivity index (χ0v) is 44.0. The maximum atomic E-state index is 12.8. The second-order valence-corrected chi connectivity index (χ2v) is 17.4. The lowest BCUT2D eigenvalue weighted by atomic mass is 10.1. The second-order valence-electron chi connectivity index (χ2n) is 17.4. The number of allylic oxidation sites excluding steroid dienone is 24. The lowest BCUT2D eigenvalue weighted by molar-refractivity contribution is -0.166. The van der Waals surface area contributed by atoms with Crippen molar-refractivity contribution in [2.24, 2.45) is 0 Å². The quantitative estimate of drug-likeness (QED) is 0.0262. The highest BCUT2D eigenvalue weighted by Crippen LogP contribution is 2.11. The Morgan fingerprint density at radius 3 is 1.01 bits per heavy atom. The first kappa shape index (κ1) is 64.3. The predicted molar refractivity (Wildman–Crippen MR) is 297 cm³/mol. The van der Waals surface area contributed by atoms with Crippen LogP contribution in [-0.2, 0) is 28.6 Å². The van der Waals surface area contributed by atoms with Gasteiger partial charge in [-0.1, -0.05) is 212 Å². The molecule has 6 nitrogen and oxygen atoms in total. The standard InChI is InChI=1S/C63H98O6/c1-4-7-10-13-16-19-22-25-28-30-31-33-35-38-41-44-47-50-53-56-62(65)68-59-60(58-67-61(64)55-52-49-46-43-40-37-34-27-24-21-18-15-12-9-6-3)69-63(66)57-54-51-48-45-42-39-36-32-29-26-23-20-17-14-11-8-5-2/h7,10,16-21,25-29,31,33-34,36,38-39,41,45,47-48,50,60H,4-6,8-9,11-15,22-24,30,32,35,37,40,42-44,46,49,51-59H2,1-3H3/b10-7-,19-16-,20-17-,21-18-,28-25-,29-26-,33-31-,34-27-,39-36-,41-38-,48-45-,50-47-/t60-/m0/s1. The van der Waals surface area contributed by atoms with Crippen LogP contribution in [0.25, 0.3) is 0 Å². The highest BCUT2D eigenvalue weighted by molar-refractivity contribution is 5.71. The molecule has 0 amide bonds. The summed E-state index contributed by atoms with van der Waals surface area (Å²) in [5.41, 5.74) is 0. The van der Waals surface area contributed by atoms with Gasteiger partial charge in [-0.05, 0) is 128 Å². The van der Waals surface area contributed by atoms with Crippen LogP contribution in [0.2, 0.25) is 0 Å². The van der Waals surface area contributed by atoms with E-state index in [1.54, 1.807) is 0 Å². The molecule has 0 N–H and O–H groups in total. The molecule has 0 spiro atoms. The van der Waals surface area contributed by atoms with E-state index in [-0.39, 0.29) is 38.0 Å². The first-order valence-electron chi connectivity index (χ1n) is 27.3. The molecule has 0 aliphatic rings. The zero-order valence-electron chi connectivity index (χ0n) is 44.0.